The molecule has 5 nitrogen and oxygen atoms in total. The zero-order chi connectivity index (χ0) is 14.4. The second-order valence-corrected chi connectivity index (χ2v) is 5.05. The number of carbonyl (C=O) groups is 1. The first kappa shape index (κ1) is 14.8. The van der Waals surface area contributed by atoms with Crippen LogP contribution in [0.15, 0.2) is 18.2 Å². The molecular formula is C15H23N3O2. The molecule has 1 aromatic rings. The summed E-state index contributed by atoms with van der Waals surface area (Å²) in [6, 6.07) is 6.39. The lowest BCUT2D eigenvalue weighted by Gasteiger charge is -2.29. The number of hydrogen-bond donors (Lipinski definition) is 2. The minimum Gasteiger partial charge on any atom is -0.383 e. The van der Waals surface area contributed by atoms with Gasteiger partial charge in [-0.25, -0.2) is 0 Å². The normalized spacial score (nSPS) is 15.3. The Hall–Kier alpha value is -1.59. The molecule has 2 N–H and O–H groups in total. The maximum Gasteiger partial charge on any atom is 0.239 e. The zero-order valence-electron chi connectivity index (χ0n) is 12.2. The van der Waals surface area contributed by atoms with Crippen LogP contribution >= 0.6 is 0 Å². The molecule has 0 spiro atoms. The van der Waals surface area contributed by atoms with E-state index in [1.54, 1.807) is 7.11 Å². The van der Waals surface area contributed by atoms with Crippen molar-refractivity contribution in [1.29, 1.82) is 0 Å². The van der Waals surface area contributed by atoms with Crippen LogP contribution in [0.1, 0.15) is 11.1 Å². The molecule has 0 unspecified atom stereocenters. The molecule has 2 rings (SSSR count). The quantitative estimate of drug-likeness (QED) is 0.750. The van der Waals surface area contributed by atoms with Crippen molar-refractivity contribution in [3.8, 4) is 0 Å². The first-order valence-corrected chi connectivity index (χ1v) is 7.01. The highest BCUT2D eigenvalue weighted by atomic mass is 16.5. The second kappa shape index (κ2) is 7.26. The maximum absolute atomic E-state index is 11.4. The van der Waals surface area contributed by atoms with Crippen LogP contribution in [-0.4, -0.2) is 45.8 Å². The van der Waals surface area contributed by atoms with Gasteiger partial charge in [0.15, 0.2) is 0 Å². The van der Waals surface area contributed by atoms with Gasteiger partial charge in [-0.3, -0.25) is 4.79 Å². The highest BCUT2D eigenvalue weighted by molar-refractivity contribution is 5.82. The average Bonchev–Trinajstić information content (AvgIpc) is 2.45. The predicted molar refractivity (Wildman–Crippen MR) is 80.0 cm³/mol. The number of hydrogen-bond acceptors (Lipinski definition) is 4. The molecule has 1 aromatic carbocycles. The average molecular weight is 277 g/mol. The first-order valence-electron chi connectivity index (χ1n) is 7.01. The molecule has 1 amide bonds. The minimum absolute atomic E-state index is 0.0965. The van der Waals surface area contributed by atoms with Gasteiger partial charge in [-0.2, -0.15) is 0 Å². The van der Waals surface area contributed by atoms with Gasteiger partial charge in [-0.1, -0.05) is 6.07 Å². The number of rotatable bonds is 6. The van der Waals surface area contributed by atoms with Crippen LogP contribution in [0.5, 0.6) is 0 Å². The Morgan fingerprint density at radius 3 is 3.00 bits per heavy atom. The van der Waals surface area contributed by atoms with Gasteiger partial charge in [0, 0.05) is 39.0 Å². The van der Waals surface area contributed by atoms with Crippen molar-refractivity contribution >= 4 is 11.6 Å². The molecule has 1 heterocycles. The molecule has 5 heteroatoms. The molecular weight excluding hydrogens is 254 g/mol. The highest BCUT2D eigenvalue weighted by Crippen LogP contribution is 2.19. The van der Waals surface area contributed by atoms with E-state index in [0.717, 1.165) is 38.5 Å². The Bertz CT molecular complexity index is 462. The van der Waals surface area contributed by atoms with Gasteiger partial charge in [0.2, 0.25) is 5.91 Å². The second-order valence-electron chi connectivity index (χ2n) is 5.05. The molecule has 0 aromatic heterocycles. The van der Waals surface area contributed by atoms with Crippen molar-refractivity contribution < 1.29 is 9.53 Å². The Balaban J connectivity index is 1.96. The van der Waals surface area contributed by atoms with Crippen LogP contribution in [0.25, 0.3) is 0 Å². The number of aryl methyl sites for hydroxylation is 1. The van der Waals surface area contributed by atoms with Gasteiger partial charge >= 0.3 is 0 Å². The molecule has 1 aliphatic rings. The largest absolute Gasteiger partial charge is 0.383 e. The number of piperazine rings is 1. The summed E-state index contributed by atoms with van der Waals surface area (Å²) in [7, 11) is 1.70. The van der Waals surface area contributed by atoms with Crippen LogP contribution < -0.4 is 15.5 Å². The molecule has 1 saturated heterocycles. The van der Waals surface area contributed by atoms with Gasteiger partial charge in [0.1, 0.15) is 0 Å². The number of nitrogens with zero attached hydrogens (tertiary/aromatic N) is 1. The number of ether oxygens (including phenoxy) is 1. The van der Waals surface area contributed by atoms with Gasteiger partial charge in [0.25, 0.3) is 0 Å². The van der Waals surface area contributed by atoms with Gasteiger partial charge in [-0.15, -0.1) is 0 Å². The lowest BCUT2D eigenvalue weighted by atomic mass is 10.1. The van der Waals surface area contributed by atoms with Crippen LogP contribution in [0.2, 0.25) is 0 Å². The van der Waals surface area contributed by atoms with Gasteiger partial charge in [-0.05, 0) is 30.2 Å². The molecule has 1 aliphatic heterocycles. The molecule has 0 radical (unpaired) electrons. The van der Waals surface area contributed by atoms with Crippen LogP contribution in [0, 0.1) is 6.92 Å². The minimum atomic E-state index is 0.0965. The lowest BCUT2D eigenvalue weighted by molar-refractivity contribution is -0.120. The van der Waals surface area contributed by atoms with Crippen LogP contribution in [0.3, 0.4) is 0 Å². The van der Waals surface area contributed by atoms with E-state index >= 15 is 0 Å². The topological polar surface area (TPSA) is 53.6 Å². The van der Waals surface area contributed by atoms with Crippen molar-refractivity contribution in [2.45, 2.75) is 13.5 Å². The molecule has 1 fully saturated rings. The lowest BCUT2D eigenvalue weighted by Crippen LogP contribution is -2.47. The standard InChI is InChI=1S/C15H23N3O2/c1-12-9-14(18-7-5-17-15(19)11-18)4-3-13(12)10-16-6-8-20-2/h3-4,9,16H,5-8,10-11H2,1-2H3,(H,17,19). The van der Waals surface area contributed by atoms with E-state index in [-0.39, 0.29) is 5.91 Å². The third kappa shape index (κ3) is 3.95. The maximum atomic E-state index is 11.4. The Morgan fingerprint density at radius 1 is 1.45 bits per heavy atom. The molecule has 0 bridgehead atoms. The summed E-state index contributed by atoms with van der Waals surface area (Å²) in [5, 5.41) is 6.19. The zero-order valence-corrected chi connectivity index (χ0v) is 12.2. The SMILES string of the molecule is COCCNCc1ccc(N2CCNC(=O)C2)cc1C. The summed E-state index contributed by atoms with van der Waals surface area (Å²) in [6.45, 7) is 6.57. The fraction of sp³-hybridized carbons (Fsp3) is 0.533. The van der Waals surface area contributed by atoms with E-state index in [2.05, 4.69) is 40.7 Å². The Morgan fingerprint density at radius 2 is 2.30 bits per heavy atom. The summed E-state index contributed by atoms with van der Waals surface area (Å²) < 4.78 is 5.01. The van der Waals surface area contributed by atoms with E-state index < -0.39 is 0 Å². The van der Waals surface area contributed by atoms with Crippen molar-refractivity contribution in [3.63, 3.8) is 0 Å². The number of nitrogens with one attached hydrogen (secondary N) is 2. The molecule has 20 heavy (non-hydrogen) atoms. The summed E-state index contributed by atoms with van der Waals surface area (Å²) in [5.74, 6) is 0.0965. The summed E-state index contributed by atoms with van der Waals surface area (Å²) in [6.07, 6.45) is 0. The molecule has 0 atom stereocenters. The smallest absolute Gasteiger partial charge is 0.239 e. The summed E-state index contributed by atoms with van der Waals surface area (Å²) >= 11 is 0. The van der Waals surface area contributed by atoms with Crippen LogP contribution in [-0.2, 0) is 16.1 Å². The number of methoxy groups -OCH3 is 1. The number of anilines is 1. The van der Waals surface area contributed by atoms with E-state index in [1.165, 1.54) is 11.1 Å². The van der Waals surface area contributed by atoms with Gasteiger partial charge < -0.3 is 20.3 Å². The molecule has 110 valence electrons. The monoisotopic (exact) mass is 277 g/mol. The summed E-state index contributed by atoms with van der Waals surface area (Å²) in [5.41, 5.74) is 3.66. The fourth-order valence-corrected chi connectivity index (χ4v) is 2.33. The van der Waals surface area contributed by atoms with Crippen LogP contribution in [0.4, 0.5) is 5.69 Å². The van der Waals surface area contributed by atoms with E-state index in [4.69, 9.17) is 4.74 Å². The first-order chi connectivity index (χ1) is 9.70. The van der Waals surface area contributed by atoms with E-state index in [0.29, 0.717) is 6.54 Å². The summed E-state index contributed by atoms with van der Waals surface area (Å²) in [4.78, 5) is 13.5. The van der Waals surface area contributed by atoms with Crippen molar-refractivity contribution in [2.75, 3.05) is 44.8 Å². The van der Waals surface area contributed by atoms with Gasteiger partial charge in [0.05, 0.1) is 13.2 Å². The van der Waals surface area contributed by atoms with E-state index in [1.807, 2.05) is 0 Å². The molecule has 0 saturated carbocycles. The molecule has 0 aliphatic carbocycles. The highest BCUT2D eigenvalue weighted by Gasteiger charge is 2.16. The Kier molecular flexibility index (Phi) is 5.38. The van der Waals surface area contributed by atoms with E-state index in [9.17, 15) is 4.79 Å². The Labute approximate surface area is 120 Å². The third-order valence-corrected chi connectivity index (χ3v) is 3.53. The number of benzene rings is 1. The fourth-order valence-electron chi connectivity index (χ4n) is 2.33. The predicted octanol–water partition coefficient (Wildman–Crippen LogP) is 0.667. The number of amides is 1. The van der Waals surface area contributed by atoms with Crippen molar-refractivity contribution in [1.82, 2.24) is 10.6 Å². The van der Waals surface area contributed by atoms with Crippen molar-refractivity contribution in [2.24, 2.45) is 0 Å². The number of carbonyl (C=O) groups excluding carboxylic acids is 1. The van der Waals surface area contributed by atoms with Crippen molar-refractivity contribution in [3.05, 3.63) is 29.3 Å². The third-order valence-electron chi connectivity index (χ3n) is 3.53.